The first kappa shape index (κ1) is 10.8. The number of hydrogen-bond donors (Lipinski definition) is 3. The first-order valence-corrected chi connectivity index (χ1v) is 4.50. The summed E-state index contributed by atoms with van der Waals surface area (Å²) in [6.07, 6.45) is 0. The van der Waals surface area contributed by atoms with E-state index < -0.39 is 11.9 Å². The minimum absolute atomic E-state index is 0.0423. The average Bonchev–Trinajstić information content (AvgIpc) is 2.97. The second-order valence-corrected chi connectivity index (χ2v) is 2.99. The normalized spacial score (nSPS) is 10.1. The van der Waals surface area contributed by atoms with Crippen LogP contribution >= 0.6 is 0 Å². The van der Waals surface area contributed by atoms with Crippen LogP contribution in [0.25, 0.3) is 0 Å². The Kier molecular flexibility index (Phi) is 2.81. The van der Waals surface area contributed by atoms with Crippen LogP contribution in [0, 0.1) is 0 Å². The fourth-order valence-corrected chi connectivity index (χ4v) is 1.09. The van der Waals surface area contributed by atoms with Crippen molar-refractivity contribution in [2.45, 2.75) is 6.54 Å². The van der Waals surface area contributed by atoms with Gasteiger partial charge >= 0.3 is 5.97 Å². The summed E-state index contributed by atoms with van der Waals surface area (Å²) >= 11 is 0. The van der Waals surface area contributed by atoms with Gasteiger partial charge in [-0.2, -0.15) is 5.21 Å². The third kappa shape index (κ3) is 2.45. The minimum Gasteiger partial charge on any atom is -0.475 e. The maximum atomic E-state index is 11.4. The molecule has 2 aromatic rings. The van der Waals surface area contributed by atoms with E-state index in [1.807, 2.05) is 0 Å². The largest absolute Gasteiger partial charge is 0.475 e. The highest BCUT2D eigenvalue weighted by Gasteiger charge is 2.12. The summed E-state index contributed by atoms with van der Waals surface area (Å²) in [4.78, 5) is 21.9. The molecular weight excluding hydrogens is 230 g/mol. The molecule has 17 heavy (non-hydrogen) atoms. The number of H-pyrrole nitrogens is 1. The van der Waals surface area contributed by atoms with E-state index in [4.69, 9.17) is 9.52 Å². The molecule has 3 N–H and O–H groups in total. The van der Waals surface area contributed by atoms with Crippen molar-refractivity contribution < 1.29 is 19.1 Å². The van der Waals surface area contributed by atoms with Crippen LogP contribution in [0.15, 0.2) is 16.5 Å². The number of carboxylic acid groups (broad SMARTS) is 1. The molecule has 0 aromatic carbocycles. The Morgan fingerprint density at radius 3 is 2.88 bits per heavy atom. The quantitative estimate of drug-likeness (QED) is 0.647. The van der Waals surface area contributed by atoms with Crippen molar-refractivity contribution in [3.05, 3.63) is 29.5 Å². The Bertz CT molecular complexity index is 532. The van der Waals surface area contributed by atoms with Gasteiger partial charge < -0.3 is 14.8 Å². The zero-order valence-electron chi connectivity index (χ0n) is 8.38. The summed E-state index contributed by atoms with van der Waals surface area (Å²) in [5.41, 5.74) is 0. The number of carboxylic acids is 1. The van der Waals surface area contributed by atoms with Gasteiger partial charge in [0.25, 0.3) is 11.7 Å². The lowest BCUT2D eigenvalue weighted by Gasteiger charge is -1.98. The fourth-order valence-electron chi connectivity index (χ4n) is 1.09. The molecule has 0 spiro atoms. The number of carbonyl (C=O) groups excluding carboxylic acids is 1. The molecule has 0 aliphatic rings. The van der Waals surface area contributed by atoms with E-state index in [1.165, 1.54) is 12.1 Å². The molecular formula is C8H7N5O4. The third-order valence-electron chi connectivity index (χ3n) is 1.84. The molecule has 0 unspecified atom stereocenters. The number of nitrogens with one attached hydrogen (secondary N) is 2. The SMILES string of the molecule is O=C(NCc1ccc(C(=O)O)o1)c1nn[nH]n1. The molecule has 2 aromatic heterocycles. The van der Waals surface area contributed by atoms with Gasteiger partial charge in [0.05, 0.1) is 6.54 Å². The number of rotatable bonds is 4. The predicted molar refractivity (Wildman–Crippen MR) is 51.0 cm³/mol. The number of aromatic nitrogens is 4. The average molecular weight is 237 g/mol. The van der Waals surface area contributed by atoms with Gasteiger partial charge in [-0.05, 0) is 17.3 Å². The maximum Gasteiger partial charge on any atom is 0.371 e. The first-order chi connectivity index (χ1) is 8.16. The third-order valence-corrected chi connectivity index (χ3v) is 1.84. The van der Waals surface area contributed by atoms with E-state index in [2.05, 4.69) is 25.9 Å². The van der Waals surface area contributed by atoms with Crippen LogP contribution in [0.3, 0.4) is 0 Å². The minimum atomic E-state index is -1.17. The number of furan rings is 1. The summed E-state index contributed by atoms with van der Waals surface area (Å²) in [5, 5.41) is 23.4. The predicted octanol–water partition coefficient (Wildman–Crippen LogP) is -0.579. The highest BCUT2D eigenvalue weighted by Crippen LogP contribution is 2.07. The Morgan fingerprint density at radius 2 is 2.29 bits per heavy atom. The molecule has 2 rings (SSSR count). The molecule has 0 aliphatic heterocycles. The molecule has 1 amide bonds. The molecule has 0 saturated heterocycles. The van der Waals surface area contributed by atoms with Crippen LogP contribution in [0.5, 0.6) is 0 Å². The molecule has 0 fully saturated rings. The lowest BCUT2D eigenvalue weighted by molar-refractivity contribution is 0.0660. The number of hydrogen-bond acceptors (Lipinski definition) is 6. The van der Waals surface area contributed by atoms with Crippen molar-refractivity contribution in [1.29, 1.82) is 0 Å². The van der Waals surface area contributed by atoms with Crippen molar-refractivity contribution in [1.82, 2.24) is 25.9 Å². The van der Waals surface area contributed by atoms with Gasteiger partial charge in [0.1, 0.15) is 5.76 Å². The lowest BCUT2D eigenvalue weighted by atomic mass is 10.4. The Morgan fingerprint density at radius 1 is 1.47 bits per heavy atom. The van der Waals surface area contributed by atoms with Crippen LogP contribution < -0.4 is 5.32 Å². The second-order valence-electron chi connectivity index (χ2n) is 2.99. The van der Waals surface area contributed by atoms with Crippen LogP contribution in [0.1, 0.15) is 26.9 Å². The Hall–Kier alpha value is -2.71. The van der Waals surface area contributed by atoms with Gasteiger partial charge in [0, 0.05) is 0 Å². The maximum absolute atomic E-state index is 11.4. The summed E-state index contributed by atoms with van der Waals surface area (Å²) in [7, 11) is 0. The molecule has 0 radical (unpaired) electrons. The second kappa shape index (κ2) is 4.43. The molecule has 0 bridgehead atoms. The highest BCUT2D eigenvalue weighted by molar-refractivity contribution is 5.90. The Labute approximate surface area is 93.8 Å². The fraction of sp³-hybridized carbons (Fsp3) is 0.125. The smallest absolute Gasteiger partial charge is 0.371 e. The van der Waals surface area contributed by atoms with Crippen LogP contribution in [0.2, 0.25) is 0 Å². The first-order valence-electron chi connectivity index (χ1n) is 4.50. The highest BCUT2D eigenvalue weighted by atomic mass is 16.4. The number of tetrazole rings is 1. The van der Waals surface area contributed by atoms with Crippen LogP contribution in [-0.2, 0) is 6.54 Å². The molecule has 0 saturated carbocycles. The number of aromatic amines is 1. The van der Waals surface area contributed by atoms with Crippen molar-refractivity contribution in [3.8, 4) is 0 Å². The van der Waals surface area contributed by atoms with Gasteiger partial charge in [-0.1, -0.05) is 0 Å². The molecule has 0 atom stereocenters. The van der Waals surface area contributed by atoms with Crippen molar-refractivity contribution in [2.24, 2.45) is 0 Å². The Balaban J connectivity index is 1.93. The molecule has 88 valence electrons. The summed E-state index contributed by atoms with van der Waals surface area (Å²) in [5.74, 6) is -1.67. The molecule has 0 aliphatic carbocycles. The monoisotopic (exact) mass is 237 g/mol. The number of aromatic carboxylic acids is 1. The van der Waals surface area contributed by atoms with Crippen LogP contribution in [0.4, 0.5) is 0 Å². The standard InChI is InChI=1S/C8H7N5O4/c14-7(6-10-12-13-11-6)9-3-4-1-2-5(17-4)8(15)16/h1-2H,3H2,(H,9,14)(H,15,16)(H,10,11,12,13). The van der Waals surface area contributed by atoms with Crippen molar-refractivity contribution in [2.75, 3.05) is 0 Å². The van der Waals surface area contributed by atoms with E-state index in [1.54, 1.807) is 0 Å². The van der Waals surface area contributed by atoms with Gasteiger partial charge in [0.2, 0.25) is 5.76 Å². The van der Waals surface area contributed by atoms with E-state index in [9.17, 15) is 9.59 Å². The number of carbonyl (C=O) groups is 2. The van der Waals surface area contributed by atoms with Crippen molar-refractivity contribution in [3.63, 3.8) is 0 Å². The van der Waals surface area contributed by atoms with E-state index >= 15 is 0 Å². The van der Waals surface area contributed by atoms with E-state index in [0.29, 0.717) is 5.76 Å². The number of amides is 1. The van der Waals surface area contributed by atoms with Gasteiger partial charge in [-0.3, -0.25) is 4.79 Å². The summed E-state index contributed by atoms with van der Waals surface area (Å²) < 4.78 is 4.93. The van der Waals surface area contributed by atoms with Crippen molar-refractivity contribution >= 4 is 11.9 Å². The lowest BCUT2D eigenvalue weighted by Crippen LogP contribution is -2.23. The zero-order chi connectivity index (χ0) is 12.3. The summed E-state index contributed by atoms with van der Waals surface area (Å²) in [6.45, 7) is 0.0423. The van der Waals surface area contributed by atoms with Gasteiger partial charge in [0.15, 0.2) is 0 Å². The van der Waals surface area contributed by atoms with Gasteiger partial charge in [-0.15, -0.1) is 10.2 Å². The number of nitrogens with zero attached hydrogens (tertiary/aromatic N) is 3. The van der Waals surface area contributed by atoms with E-state index in [0.717, 1.165) is 0 Å². The molecule has 2 heterocycles. The topological polar surface area (TPSA) is 134 Å². The molecule has 9 nitrogen and oxygen atoms in total. The molecule has 9 heteroatoms. The zero-order valence-corrected chi connectivity index (χ0v) is 8.38. The van der Waals surface area contributed by atoms with Gasteiger partial charge in [-0.25, -0.2) is 4.79 Å². The van der Waals surface area contributed by atoms with Crippen LogP contribution in [-0.4, -0.2) is 37.6 Å². The summed E-state index contributed by atoms with van der Waals surface area (Å²) in [6, 6.07) is 2.76. The van der Waals surface area contributed by atoms with E-state index in [-0.39, 0.29) is 18.1 Å².